The van der Waals surface area contributed by atoms with Gasteiger partial charge in [-0.1, -0.05) is 30.3 Å². The zero-order chi connectivity index (χ0) is 16.1. The van der Waals surface area contributed by atoms with E-state index in [2.05, 4.69) is 27.4 Å². The van der Waals surface area contributed by atoms with E-state index in [1.807, 2.05) is 30.1 Å². The number of hydrogen-bond acceptors (Lipinski definition) is 4. The molecule has 1 aliphatic heterocycles. The van der Waals surface area contributed by atoms with Crippen molar-refractivity contribution in [3.8, 4) is 0 Å². The number of nitrogens with zero attached hydrogens (tertiary/aromatic N) is 3. The minimum atomic E-state index is 0.0547. The normalized spacial score (nSPS) is 17.3. The van der Waals surface area contributed by atoms with Crippen molar-refractivity contribution >= 4 is 11.7 Å². The fourth-order valence-electron chi connectivity index (χ4n) is 3.07. The minimum absolute atomic E-state index is 0.0547. The van der Waals surface area contributed by atoms with E-state index >= 15 is 0 Å². The molecule has 0 aliphatic carbocycles. The van der Waals surface area contributed by atoms with Gasteiger partial charge in [-0.2, -0.15) is 0 Å². The van der Waals surface area contributed by atoms with Gasteiger partial charge in [0.15, 0.2) is 0 Å². The van der Waals surface area contributed by atoms with Crippen LogP contribution < -0.4 is 5.32 Å². The van der Waals surface area contributed by atoms with Gasteiger partial charge in [0, 0.05) is 20.0 Å². The lowest BCUT2D eigenvalue weighted by molar-refractivity contribution is -0.132. The standard InChI is InChI=1S/C18H22N4O/c1-19-17-13-20-12-15(21-17)16-8-5-11-22(16)18(23)10-9-14-6-3-2-4-7-14/h2-4,6-7,12-13,16H,5,8-11H2,1H3,(H,19,21). The van der Waals surface area contributed by atoms with Gasteiger partial charge in [-0.15, -0.1) is 0 Å². The lowest BCUT2D eigenvalue weighted by atomic mass is 10.1. The molecule has 1 aliphatic rings. The fraction of sp³-hybridized carbons (Fsp3) is 0.389. The Balaban J connectivity index is 1.67. The maximum absolute atomic E-state index is 12.6. The number of amides is 1. The van der Waals surface area contributed by atoms with Crippen molar-refractivity contribution in [1.29, 1.82) is 0 Å². The van der Waals surface area contributed by atoms with Crippen LogP contribution in [0.25, 0.3) is 0 Å². The zero-order valence-electron chi connectivity index (χ0n) is 13.4. The Morgan fingerprint density at radius 2 is 2.13 bits per heavy atom. The van der Waals surface area contributed by atoms with E-state index < -0.39 is 0 Å². The summed E-state index contributed by atoms with van der Waals surface area (Å²) in [4.78, 5) is 23.4. The molecule has 2 aromatic rings. The second-order valence-corrected chi connectivity index (χ2v) is 5.81. The van der Waals surface area contributed by atoms with Crippen LogP contribution in [0.2, 0.25) is 0 Å². The van der Waals surface area contributed by atoms with Crippen molar-refractivity contribution < 1.29 is 4.79 Å². The van der Waals surface area contributed by atoms with E-state index in [4.69, 9.17) is 0 Å². The number of hydrogen-bond donors (Lipinski definition) is 1. The van der Waals surface area contributed by atoms with Crippen LogP contribution in [0.15, 0.2) is 42.7 Å². The first-order valence-electron chi connectivity index (χ1n) is 8.11. The largest absolute Gasteiger partial charge is 0.372 e. The number of carbonyl (C=O) groups excluding carboxylic acids is 1. The maximum atomic E-state index is 12.6. The van der Waals surface area contributed by atoms with Crippen LogP contribution in [0.3, 0.4) is 0 Å². The predicted molar refractivity (Wildman–Crippen MR) is 90.0 cm³/mol. The summed E-state index contributed by atoms with van der Waals surface area (Å²) in [6.07, 6.45) is 6.77. The van der Waals surface area contributed by atoms with Crippen LogP contribution in [0, 0.1) is 0 Å². The lowest BCUT2D eigenvalue weighted by Gasteiger charge is -2.24. The Kier molecular flexibility index (Phi) is 4.86. The van der Waals surface area contributed by atoms with Crippen LogP contribution in [0.1, 0.15) is 36.6 Å². The van der Waals surface area contributed by atoms with Crippen molar-refractivity contribution in [3.05, 3.63) is 54.0 Å². The Hall–Kier alpha value is -2.43. The zero-order valence-corrected chi connectivity index (χ0v) is 13.4. The van der Waals surface area contributed by atoms with E-state index in [1.165, 1.54) is 5.56 Å². The molecule has 1 aromatic carbocycles. The predicted octanol–water partition coefficient (Wildman–Crippen LogP) is 2.81. The number of benzene rings is 1. The number of likely N-dealkylation sites (tertiary alicyclic amines) is 1. The van der Waals surface area contributed by atoms with E-state index in [0.717, 1.165) is 37.3 Å². The minimum Gasteiger partial charge on any atom is -0.372 e. The summed E-state index contributed by atoms with van der Waals surface area (Å²) in [6, 6.07) is 10.2. The highest BCUT2D eigenvalue weighted by molar-refractivity contribution is 5.77. The average Bonchev–Trinajstić information content (AvgIpc) is 3.10. The van der Waals surface area contributed by atoms with E-state index in [-0.39, 0.29) is 11.9 Å². The molecule has 5 nitrogen and oxygen atoms in total. The number of aromatic nitrogens is 2. The van der Waals surface area contributed by atoms with Gasteiger partial charge in [0.05, 0.1) is 24.1 Å². The van der Waals surface area contributed by atoms with Crippen molar-refractivity contribution in [2.75, 3.05) is 18.9 Å². The number of anilines is 1. The molecule has 1 atom stereocenters. The highest BCUT2D eigenvalue weighted by Gasteiger charge is 2.30. The molecule has 120 valence electrons. The third-order valence-electron chi connectivity index (χ3n) is 4.29. The molecule has 0 saturated carbocycles. The summed E-state index contributed by atoms with van der Waals surface area (Å²) in [5.41, 5.74) is 2.08. The topological polar surface area (TPSA) is 58.1 Å². The summed E-state index contributed by atoms with van der Waals surface area (Å²) in [5, 5.41) is 3.00. The van der Waals surface area contributed by atoms with Crippen molar-refractivity contribution in [1.82, 2.24) is 14.9 Å². The van der Waals surface area contributed by atoms with Crippen molar-refractivity contribution in [2.24, 2.45) is 0 Å². The smallest absolute Gasteiger partial charge is 0.223 e. The molecular formula is C18H22N4O. The fourth-order valence-corrected chi connectivity index (χ4v) is 3.07. The first-order valence-corrected chi connectivity index (χ1v) is 8.11. The molecule has 1 unspecified atom stereocenters. The van der Waals surface area contributed by atoms with Gasteiger partial charge in [-0.05, 0) is 24.8 Å². The number of carbonyl (C=O) groups is 1. The second kappa shape index (κ2) is 7.22. The van der Waals surface area contributed by atoms with Crippen LogP contribution in [-0.4, -0.2) is 34.4 Å². The molecule has 0 bridgehead atoms. The summed E-state index contributed by atoms with van der Waals surface area (Å²) < 4.78 is 0. The molecule has 0 spiro atoms. The highest BCUT2D eigenvalue weighted by atomic mass is 16.2. The van der Waals surface area contributed by atoms with E-state index in [1.54, 1.807) is 12.4 Å². The third-order valence-corrected chi connectivity index (χ3v) is 4.29. The first-order chi connectivity index (χ1) is 11.3. The Labute approximate surface area is 136 Å². The summed E-state index contributed by atoms with van der Waals surface area (Å²) in [6.45, 7) is 0.809. The summed E-state index contributed by atoms with van der Waals surface area (Å²) in [5.74, 6) is 0.944. The van der Waals surface area contributed by atoms with Crippen molar-refractivity contribution in [2.45, 2.75) is 31.7 Å². The van der Waals surface area contributed by atoms with Crippen LogP contribution in [-0.2, 0) is 11.2 Å². The molecule has 1 N–H and O–H groups in total. The van der Waals surface area contributed by atoms with E-state index in [9.17, 15) is 4.79 Å². The molecule has 1 fully saturated rings. The molecule has 5 heteroatoms. The van der Waals surface area contributed by atoms with Crippen LogP contribution in [0.4, 0.5) is 5.82 Å². The highest BCUT2D eigenvalue weighted by Crippen LogP contribution is 2.31. The molecular weight excluding hydrogens is 288 g/mol. The van der Waals surface area contributed by atoms with Crippen LogP contribution >= 0.6 is 0 Å². The van der Waals surface area contributed by atoms with Gasteiger partial charge in [0.1, 0.15) is 5.82 Å². The maximum Gasteiger partial charge on any atom is 0.223 e. The van der Waals surface area contributed by atoms with Gasteiger partial charge in [-0.3, -0.25) is 9.78 Å². The Morgan fingerprint density at radius 3 is 2.91 bits per heavy atom. The Morgan fingerprint density at radius 1 is 1.30 bits per heavy atom. The van der Waals surface area contributed by atoms with Crippen LogP contribution in [0.5, 0.6) is 0 Å². The molecule has 1 saturated heterocycles. The third kappa shape index (κ3) is 3.67. The molecule has 0 radical (unpaired) electrons. The van der Waals surface area contributed by atoms with Gasteiger partial charge < -0.3 is 10.2 Å². The molecule has 23 heavy (non-hydrogen) atoms. The van der Waals surface area contributed by atoms with E-state index in [0.29, 0.717) is 6.42 Å². The summed E-state index contributed by atoms with van der Waals surface area (Å²) in [7, 11) is 1.82. The molecule has 1 amide bonds. The Bertz CT molecular complexity index is 659. The molecule has 1 aromatic heterocycles. The second-order valence-electron chi connectivity index (χ2n) is 5.81. The monoisotopic (exact) mass is 310 g/mol. The number of nitrogens with one attached hydrogen (secondary N) is 1. The SMILES string of the molecule is CNc1cncc(C2CCCN2C(=O)CCc2ccccc2)n1. The lowest BCUT2D eigenvalue weighted by Crippen LogP contribution is -2.31. The number of aryl methyl sites for hydroxylation is 1. The van der Waals surface area contributed by atoms with Gasteiger partial charge in [-0.25, -0.2) is 4.98 Å². The molecule has 2 heterocycles. The van der Waals surface area contributed by atoms with Gasteiger partial charge in [0.25, 0.3) is 0 Å². The van der Waals surface area contributed by atoms with Gasteiger partial charge >= 0.3 is 0 Å². The number of rotatable bonds is 5. The first kappa shape index (κ1) is 15.5. The van der Waals surface area contributed by atoms with Crippen molar-refractivity contribution in [3.63, 3.8) is 0 Å². The average molecular weight is 310 g/mol. The summed E-state index contributed by atoms with van der Waals surface area (Å²) >= 11 is 0. The van der Waals surface area contributed by atoms with Gasteiger partial charge in [0.2, 0.25) is 5.91 Å². The molecule has 3 rings (SSSR count). The quantitative estimate of drug-likeness (QED) is 0.922.